The fourth-order valence-electron chi connectivity index (χ4n) is 1.44. The van der Waals surface area contributed by atoms with E-state index < -0.39 is 5.95 Å². The van der Waals surface area contributed by atoms with E-state index >= 15 is 0 Å². The highest BCUT2D eigenvalue weighted by molar-refractivity contribution is 9.11. The first-order chi connectivity index (χ1) is 9.15. The topological polar surface area (TPSA) is 42.0 Å². The molecule has 0 bridgehead atoms. The summed E-state index contributed by atoms with van der Waals surface area (Å²) in [6.45, 7) is 4.00. The molecule has 0 fully saturated rings. The second kappa shape index (κ2) is 7.84. The van der Waals surface area contributed by atoms with Gasteiger partial charge in [-0.2, -0.15) is 4.39 Å². The third-order valence-corrected chi connectivity index (χ3v) is 3.02. The SMILES string of the molecule is CC.O=C(NC1=CC=C(Br)CC1)c1ccc(F)nc1. The van der Waals surface area contributed by atoms with Gasteiger partial charge in [-0.05, 0) is 35.5 Å². The fourth-order valence-corrected chi connectivity index (χ4v) is 1.77. The van der Waals surface area contributed by atoms with Crippen LogP contribution in [0.25, 0.3) is 0 Å². The normalized spacial score (nSPS) is 13.7. The summed E-state index contributed by atoms with van der Waals surface area (Å²) in [6, 6.07) is 2.58. The highest BCUT2D eigenvalue weighted by Gasteiger charge is 2.10. The van der Waals surface area contributed by atoms with Crippen molar-refractivity contribution < 1.29 is 9.18 Å². The molecule has 0 saturated heterocycles. The highest BCUT2D eigenvalue weighted by atomic mass is 79.9. The zero-order valence-electron chi connectivity index (χ0n) is 10.9. The van der Waals surface area contributed by atoms with E-state index in [2.05, 4.69) is 26.2 Å². The number of hydrogen-bond donors (Lipinski definition) is 1. The van der Waals surface area contributed by atoms with Crippen LogP contribution in [0, 0.1) is 5.95 Å². The number of rotatable bonds is 2. The van der Waals surface area contributed by atoms with Gasteiger partial charge in [-0.25, -0.2) is 4.98 Å². The lowest BCUT2D eigenvalue weighted by Gasteiger charge is -2.12. The van der Waals surface area contributed by atoms with Gasteiger partial charge in [0.05, 0.1) is 5.56 Å². The molecular weight excluding hydrogens is 311 g/mol. The summed E-state index contributed by atoms with van der Waals surface area (Å²) in [7, 11) is 0. The van der Waals surface area contributed by atoms with Crippen molar-refractivity contribution in [3.63, 3.8) is 0 Å². The van der Waals surface area contributed by atoms with E-state index in [0.717, 1.165) is 23.0 Å². The molecule has 1 amide bonds. The number of pyridine rings is 1. The van der Waals surface area contributed by atoms with Crippen molar-refractivity contribution in [2.24, 2.45) is 0 Å². The standard InChI is InChI=1S/C12H10BrFN2O.C2H6/c13-9-2-4-10(5-3-9)16-12(17)8-1-6-11(14)15-7-8;1-2/h1-2,4,6-7H,3,5H2,(H,16,17);1-2H3. The maximum absolute atomic E-state index is 12.6. The van der Waals surface area contributed by atoms with E-state index in [1.807, 2.05) is 26.0 Å². The van der Waals surface area contributed by atoms with Gasteiger partial charge in [0.1, 0.15) is 0 Å². The Kier molecular flexibility index (Phi) is 6.42. The Balaban J connectivity index is 0.000000861. The first-order valence-electron chi connectivity index (χ1n) is 6.13. The summed E-state index contributed by atoms with van der Waals surface area (Å²) in [4.78, 5) is 15.2. The lowest BCUT2D eigenvalue weighted by atomic mass is 10.1. The summed E-state index contributed by atoms with van der Waals surface area (Å²) in [5.74, 6) is -0.861. The third kappa shape index (κ3) is 4.95. The number of nitrogens with zero attached hydrogens (tertiary/aromatic N) is 1. The molecule has 0 aliphatic heterocycles. The maximum atomic E-state index is 12.6. The summed E-state index contributed by atoms with van der Waals surface area (Å²) in [5.41, 5.74) is 1.20. The summed E-state index contributed by atoms with van der Waals surface area (Å²) in [5, 5.41) is 2.77. The smallest absolute Gasteiger partial charge is 0.256 e. The van der Waals surface area contributed by atoms with Crippen LogP contribution >= 0.6 is 15.9 Å². The Morgan fingerprint density at radius 2 is 2.05 bits per heavy atom. The van der Waals surface area contributed by atoms with Crippen LogP contribution in [-0.4, -0.2) is 10.9 Å². The van der Waals surface area contributed by atoms with E-state index in [4.69, 9.17) is 0 Å². The predicted octanol–water partition coefficient (Wildman–Crippen LogP) is 3.93. The number of carbonyl (C=O) groups is 1. The van der Waals surface area contributed by atoms with Crippen LogP contribution in [0.4, 0.5) is 4.39 Å². The second-order valence-corrected chi connectivity index (χ2v) is 4.65. The molecule has 1 aromatic rings. The van der Waals surface area contributed by atoms with E-state index in [0.29, 0.717) is 5.56 Å². The molecule has 0 unspecified atom stereocenters. The van der Waals surface area contributed by atoms with Gasteiger partial charge in [0, 0.05) is 11.9 Å². The first kappa shape index (κ1) is 15.6. The summed E-state index contributed by atoms with van der Waals surface area (Å²) < 4.78 is 13.7. The number of nitrogens with one attached hydrogen (secondary N) is 1. The number of allylic oxidation sites excluding steroid dienone is 4. The Morgan fingerprint density at radius 1 is 1.32 bits per heavy atom. The van der Waals surface area contributed by atoms with E-state index in [9.17, 15) is 9.18 Å². The minimum atomic E-state index is -0.592. The van der Waals surface area contributed by atoms with Crippen molar-refractivity contribution in [3.05, 3.63) is 52.2 Å². The first-order valence-corrected chi connectivity index (χ1v) is 6.92. The Morgan fingerprint density at radius 3 is 2.58 bits per heavy atom. The molecule has 2 rings (SSSR count). The largest absolute Gasteiger partial charge is 0.326 e. The van der Waals surface area contributed by atoms with Crippen molar-refractivity contribution in [1.82, 2.24) is 10.3 Å². The lowest BCUT2D eigenvalue weighted by molar-refractivity contribution is 0.0964. The number of halogens is 2. The number of aromatic nitrogens is 1. The van der Waals surface area contributed by atoms with Gasteiger partial charge in [0.2, 0.25) is 5.95 Å². The molecule has 5 heteroatoms. The second-order valence-electron chi connectivity index (χ2n) is 3.63. The average molecular weight is 327 g/mol. The van der Waals surface area contributed by atoms with Gasteiger partial charge in [-0.15, -0.1) is 0 Å². The average Bonchev–Trinajstić information content (AvgIpc) is 2.44. The molecule has 1 aromatic heterocycles. The van der Waals surface area contributed by atoms with Crippen LogP contribution in [-0.2, 0) is 0 Å². The van der Waals surface area contributed by atoms with E-state index in [-0.39, 0.29) is 5.91 Å². The predicted molar refractivity (Wildman–Crippen MR) is 77.3 cm³/mol. The Labute approximate surface area is 120 Å². The zero-order chi connectivity index (χ0) is 14.3. The van der Waals surface area contributed by atoms with Crippen LogP contribution < -0.4 is 5.32 Å². The minimum Gasteiger partial charge on any atom is -0.326 e. The number of hydrogen-bond acceptors (Lipinski definition) is 2. The molecule has 1 aliphatic carbocycles. The number of carbonyl (C=O) groups excluding carboxylic acids is 1. The third-order valence-electron chi connectivity index (χ3n) is 2.36. The molecule has 1 N–H and O–H groups in total. The quantitative estimate of drug-likeness (QED) is 0.836. The molecule has 102 valence electrons. The molecule has 1 heterocycles. The van der Waals surface area contributed by atoms with E-state index in [1.54, 1.807) is 0 Å². The molecule has 0 aromatic carbocycles. The zero-order valence-corrected chi connectivity index (χ0v) is 12.5. The van der Waals surface area contributed by atoms with Gasteiger partial charge >= 0.3 is 0 Å². The lowest BCUT2D eigenvalue weighted by Crippen LogP contribution is -2.23. The molecule has 3 nitrogen and oxygen atoms in total. The van der Waals surface area contributed by atoms with Gasteiger partial charge in [0.25, 0.3) is 5.91 Å². The van der Waals surface area contributed by atoms with Crippen molar-refractivity contribution >= 4 is 21.8 Å². The highest BCUT2D eigenvalue weighted by Crippen LogP contribution is 2.21. The maximum Gasteiger partial charge on any atom is 0.256 e. The Bertz CT molecular complexity index is 495. The molecule has 1 aliphatic rings. The molecule has 0 atom stereocenters. The van der Waals surface area contributed by atoms with Gasteiger partial charge in [-0.1, -0.05) is 35.9 Å². The van der Waals surface area contributed by atoms with Crippen molar-refractivity contribution in [2.45, 2.75) is 26.7 Å². The van der Waals surface area contributed by atoms with Gasteiger partial charge in [0.15, 0.2) is 0 Å². The summed E-state index contributed by atoms with van der Waals surface area (Å²) in [6.07, 6.45) is 6.62. The van der Waals surface area contributed by atoms with Crippen LogP contribution in [0.1, 0.15) is 37.0 Å². The molecular formula is C14H16BrFN2O. The fraction of sp³-hybridized carbons (Fsp3) is 0.286. The molecule has 0 saturated carbocycles. The van der Waals surface area contributed by atoms with Crippen molar-refractivity contribution in [3.8, 4) is 0 Å². The summed E-state index contributed by atoms with van der Waals surface area (Å²) >= 11 is 3.39. The number of amides is 1. The van der Waals surface area contributed by atoms with Crippen LogP contribution in [0.2, 0.25) is 0 Å². The van der Waals surface area contributed by atoms with Gasteiger partial charge in [-0.3, -0.25) is 4.79 Å². The Hall–Kier alpha value is -1.49. The minimum absolute atomic E-state index is 0.268. The molecule has 0 radical (unpaired) electrons. The van der Waals surface area contributed by atoms with Crippen molar-refractivity contribution in [2.75, 3.05) is 0 Å². The van der Waals surface area contributed by atoms with Crippen LogP contribution in [0.3, 0.4) is 0 Å². The van der Waals surface area contributed by atoms with Crippen LogP contribution in [0.5, 0.6) is 0 Å². The van der Waals surface area contributed by atoms with Crippen molar-refractivity contribution in [1.29, 1.82) is 0 Å². The monoisotopic (exact) mass is 326 g/mol. The van der Waals surface area contributed by atoms with Crippen LogP contribution in [0.15, 0.2) is 40.7 Å². The molecule has 19 heavy (non-hydrogen) atoms. The van der Waals surface area contributed by atoms with E-state index in [1.165, 1.54) is 18.3 Å². The van der Waals surface area contributed by atoms with Gasteiger partial charge < -0.3 is 5.32 Å². The molecule has 0 spiro atoms.